The van der Waals surface area contributed by atoms with E-state index in [1.807, 2.05) is 0 Å². The molecule has 2 heteroatoms. The van der Waals surface area contributed by atoms with Gasteiger partial charge in [0.25, 0.3) is 0 Å². The highest BCUT2D eigenvalue weighted by atomic mass is 16.5. The highest BCUT2D eigenvalue weighted by Crippen LogP contribution is 2.46. The van der Waals surface area contributed by atoms with Crippen molar-refractivity contribution >= 4 is 0 Å². The maximum atomic E-state index is 6.26. The van der Waals surface area contributed by atoms with Gasteiger partial charge in [-0.05, 0) is 52.5 Å². The summed E-state index contributed by atoms with van der Waals surface area (Å²) in [6.45, 7) is 19.3. The Hall–Kier alpha value is -0.0800. The van der Waals surface area contributed by atoms with Gasteiger partial charge < -0.3 is 10.1 Å². The zero-order valence-electron chi connectivity index (χ0n) is 13.7. The van der Waals surface area contributed by atoms with Gasteiger partial charge in [-0.2, -0.15) is 0 Å². The molecule has 1 aliphatic rings. The maximum absolute atomic E-state index is 6.26. The fraction of sp³-hybridized carbons (Fsp3) is 1.00. The normalized spacial score (nSPS) is 28.3. The van der Waals surface area contributed by atoms with E-state index >= 15 is 0 Å². The van der Waals surface area contributed by atoms with Gasteiger partial charge in [0, 0.05) is 12.0 Å². The molecule has 2 nitrogen and oxygen atoms in total. The molecule has 1 saturated heterocycles. The van der Waals surface area contributed by atoms with Crippen molar-refractivity contribution < 1.29 is 4.74 Å². The molecular weight excluding hydrogens is 222 g/mol. The lowest BCUT2D eigenvalue weighted by Gasteiger charge is -2.41. The molecule has 1 heterocycles. The Labute approximate surface area is 114 Å². The minimum absolute atomic E-state index is 0.00552. The first kappa shape index (κ1) is 16.0. The lowest BCUT2D eigenvalue weighted by Crippen LogP contribution is -2.51. The molecule has 0 aromatic rings. The summed E-state index contributed by atoms with van der Waals surface area (Å²) < 4.78 is 6.26. The molecule has 0 aromatic heterocycles. The fourth-order valence-electron chi connectivity index (χ4n) is 3.48. The molecule has 2 unspecified atom stereocenters. The summed E-state index contributed by atoms with van der Waals surface area (Å²) in [7, 11) is 0. The Morgan fingerprint density at radius 2 is 1.78 bits per heavy atom. The van der Waals surface area contributed by atoms with E-state index in [0.29, 0.717) is 12.0 Å². The van der Waals surface area contributed by atoms with Crippen molar-refractivity contribution in [3.8, 4) is 0 Å². The summed E-state index contributed by atoms with van der Waals surface area (Å²) in [6, 6.07) is 0.509. The first-order valence-electron chi connectivity index (χ1n) is 7.43. The van der Waals surface area contributed by atoms with Crippen LogP contribution in [0, 0.1) is 11.3 Å². The van der Waals surface area contributed by atoms with Gasteiger partial charge in [-0.3, -0.25) is 0 Å². The molecule has 0 aliphatic carbocycles. The quantitative estimate of drug-likeness (QED) is 0.820. The summed E-state index contributed by atoms with van der Waals surface area (Å²) in [4.78, 5) is 0. The SMILES string of the molecule is CCCNC(C1CC(C)(C)OC1(C)C)C(C)(C)C. The summed E-state index contributed by atoms with van der Waals surface area (Å²) in [6.07, 6.45) is 2.32. The van der Waals surface area contributed by atoms with E-state index in [9.17, 15) is 0 Å². The summed E-state index contributed by atoms with van der Waals surface area (Å²) in [5.41, 5.74) is 0.231. The number of ether oxygens (including phenoxy) is 1. The van der Waals surface area contributed by atoms with Crippen LogP contribution >= 0.6 is 0 Å². The molecule has 1 N–H and O–H groups in total. The second-order valence-corrected chi connectivity index (χ2v) is 8.07. The van der Waals surface area contributed by atoms with Crippen LogP contribution in [-0.4, -0.2) is 23.8 Å². The van der Waals surface area contributed by atoms with Gasteiger partial charge in [0.15, 0.2) is 0 Å². The molecule has 1 aliphatic heterocycles. The highest BCUT2D eigenvalue weighted by molar-refractivity contribution is 5.02. The Balaban J connectivity index is 2.92. The van der Waals surface area contributed by atoms with Crippen LogP contribution in [0.5, 0.6) is 0 Å². The Morgan fingerprint density at radius 1 is 1.22 bits per heavy atom. The molecule has 0 bridgehead atoms. The van der Waals surface area contributed by atoms with Crippen LogP contribution in [-0.2, 0) is 4.74 Å². The molecule has 0 radical (unpaired) electrons. The van der Waals surface area contributed by atoms with Gasteiger partial charge in [0.05, 0.1) is 11.2 Å². The van der Waals surface area contributed by atoms with Gasteiger partial charge >= 0.3 is 0 Å². The third-order valence-corrected chi connectivity index (χ3v) is 4.09. The Morgan fingerprint density at radius 3 is 2.11 bits per heavy atom. The van der Waals surface area contributed by atoms with Crippen molar-refractivity contribution in [3.63, 3.8) is 0 Å². The molecule has 18 heavy (non-hydrogen) atoms. The zero-order valence-corrected chi connectivity index (χ0v) is 13.7. The van der Waals surface area contributed by atoms with Gasteiger partial charge in [0.2, 0.25) is 0 Å². The highest BCUT2D eigenvalue weighted by Gasteiger charge is 2.51. The van der Waals surface area contributed by atoms with E-state index in [2.05, 4.69) is 60.7 Å². The molecule has 0 saturated carbocycles. The molecular formula is C16H33NO. The van der Waals surface area contributed by atoms with E-state index in [4.69, 9.17) is 4.74 Å². The number of nitrogens with one attached hydrogen (secondary N) is 1. The molecule has 0 aromatic carbocycles. The smallest absolute Gasteiger partial charge is 0.0677 e. The minimum Gasteiger partial charge on any atom is -0.369 e. The summed E-state index contributed by atoms with van der Waals surface area (Å²) >= 11 is 0. The molecule has 1 rings (SSSR count). The van der Waals surface area contributed by atoms with Crippen molar-refractivity contribution in [3.05, 3.63) is 0 Å². The molecule has 0 amide bonds. The number of hydrogen-bond donors (Lipinski definition) is 1. The second kappa shape index (κ2) is 5.13. The van der Waals surface area contributed by atoms with Crippen molar-refractivity contribution in [1.82, 2.24) is 5.32 Å². The van der Waals surface area contributed by atoms with E-state index in [1.54, 1.807) is 0 Å². The predicted molar refractivity (Wildman–Crippen MR) is 78.9 cm³/mol. The first-order chi connectivity index (χ1) is 7.99. The van der Waals surface area contributed by atoms with Crippen molar-refractivity contribution in [2.24, 2.45) is 11.3 Å². The lowest BCUT2D eigenvalue weighted by molar-refractivity contribution is -0.0815. The van der Waals surface area contributed by atoms with Crippen LogP contribution in [0.3, 0.4) is 0 Å². The minimum atomic E-state index is -0.0395. The van der Waals surface area contributed by atoms with Gasteiger partial charge in [-0.15, -0.1) is 0 Å². The van der Waals surface area contributed by atoms with E-state index < -0.39 is 0 Å². The summed E-state index contributed by atoms with van der Waals surface area (Å²) in [5, 5.41) is 3.76. The van der Waals surface area contributed by atoms with Gasteiger partial charge in [-0.1, -0.05) is 27.7 Å². The molecule has 0 spiro atoms. The van der Waals surface area contributed by atoms with E-state index in [1.165, 1.54) is 6.42 Å². The molecule has 2 atom stereocenters. The van der Waals surface area contributed by atoms with Crippen LogP contribution in [0.25, 0.3) is 0 Å². The van der Waals surface area contributed by atoms with Crippen LogP contribution in [0.1, 0.15) is 68.2 Å². The number of hydrogen-bond acceptors (Lipinski definition) is 2. The van der Waals surface area contributed by atoms with Crippen molar-refractivity contribution in [2.45, 2.75) is 85.5 Å². The van der Waals surface area contributed by atoms with Gasteiger partial charge in [0.1, 0.15) is 0 Å². The Bertz CT molecular complexity index is 275. The van der Waals surface area contributed by atoms with Crippen LogP contribution in [0.15, 0.2) is 0 Å². The standard InChI is InChI=1S/C16H33NO/c1-9-10-17-13(14(2,3)4)12-11-15(5,6)18-16(12,7)8/h12-13,17H,9-11H2,1-8H3. The fourth-order valence-corrected chi connectivity index (χ4v) is 3.48. The third kappa shape index (κ3) is 3.71. The molecule has 108 valence electrons. The Kier molecular flexibility index (Phi) is 4.55. The average molecular weight is 255 g/mol. The van der Waals surface area contributed by atoms with Crippen molar-refractivity contribution in [1.29, 1.82) is 0 Å². The average Bonchev–Trinajstić information content (AvgIpc) is 2.33. The van der Waals surface area contributed by atoms with Crippen LogP contribution in [0.2, 0.25) is 0 Å². The largest absolute Gasteiger partial charge is 0.369 e. The van der Waals surface area contributed by atoms with Crippen molar-refractivity contribution in [2.75, 3.05) is 6.54 Å². The zero-order chi connectivity index (χ0) is 14.2. The van der Waals surface area contributed by atoms with Crippen LogP contribution in [0.4, 0.5) is 0 Å². The predicted octanol–water partition coefficient (Wildman–Crippen LogP) is 3.99. The van der Waals surface area contributed by atoms with E-state index in [0.717, 1.165) is 13.0 Å². The molecule has 1 fully saturated rings. The number of rotatable bonds is 4. The first-order valence-corrected chi connectivity index (χ1v) is 7.43. The maximum Gasteiger partial charge on any atom is 0.0677 e. The van der Waals surface area contributed by atoms with E-state index in [-0.39, 0.29) is 16.6 Å². The van der Waals surface area contributed by atoms with Gasteiger partial charge in [-0.25, -0.2) is 0 Å². The third-order valence-electron chi connectivity index (χ3n) is 4.09. The summed E-state index contributed by atoms with van der Waals surface area (Å²) in [5.74, 6) is 0.569. The lowest BCUT2D eigenvalue weighted by atomic mass is 9.71. The monoisotopic (exact) mass is 255 g/mol. The topological polar surface area (TPSA) is 21.3 Å². The second-order valence-electron chi connectivity index (χ2n) is 8.07. The van der Waals surface area contributed by atoms with Crippen LogP contribution < -0.4 is 5.32 Å².